The highest BCUT2D eigenvalue weighted by atomic mass is 35.5. The second kappa shape index (κ2) is 5.76. The summed E-state index contributed by atoms with van der Waals surface area (Å²) in [6.45, 7) is 3.25. The lowest BCUT2D eigenvalue weighted by Gasteiger charge is -2.02. The van der Waals surface area contributed by atoms with Crippen molar-refractivity contribution in [2.45, 2.75) is 13.8 Å². The Bertz CT molecular complexity index is 945. The van der Waals surface area contributed by atoms with Crippen molar-refractivity contribution in [2.24, 2.45) is 0 Å². The molecule has 1 aromatic carbocycles. The van der Waals surface area contributed by atoms with Gasteiger partial charge in [-0.2, -0.15) is 0 Å². The summed E-state index contributed by atoms with van der Waals surface area (Å²) in [7, 11) is 0. The number of benzene rings is 1. The van der Waals surface area contributed by atoms with Gasteiger partial charge in [0.2, 0.25) is 5.78 Å². The van der Waals surface area contributed by atoms with Gasteiger partial charge in [0.25, 0.3) is 0 Å². The van der Waals surface area contributed by atoms with Crippen LogP contribution in [0.15, 0.2) is 30.3 Å². The van der Waals surface area contributed by atoms with E-state index in [4.69, 9.17) is 17.3 Å². The van der Waals surface area contributed by atoms with Crippen molar-refractivity contribution >= 4 is 50.4 Å². The van der Waals surface area contributed by atoms with E-state index in [1.807, 2.05) is 0 Å². The Morgan fingerprint density at radius 2 is 1.87 bits per heavy atom. The minimum absolute atomic E-state index is 0.0759. The summed E-state index contributed by atoms with van der Waals surface area (Å²) in [5, 5.41) is 1.21. The van der Waals surface area contributed by atoms with E-state index in [9.17, 15) is 9.59 Å². The Labute approximate surface area is 141 Å². The van der Waals surface area contributed by atoms with E-state index in [1.54, 1.807) is 37.3 Å². The van der Waals surface area contributed by atoms with E-state index in [2.05, 4.69) is 4.98 Å². The summed E-state index contributed by atoms with van der Waals surface area (Å²) in [5.41, 5.74) is 8.17. The second-order valence-corrected chi connectivity index (χ2v) is 6.65. The zero-order valence-corrected chi connectivity index (χ0v) is 14.1. The highest BCUT2D eigenvalue weighted by Gasteiger charge is 2.20. The molecule has 0 spiro atoms. The maximum Gasteiger partial charge on any atom is 0.205 e. The Kier molecular flexibility index (Phi) is 3.92. The van der Waals surface area contributed by atoms with Gasteiger partial charge in [-0.25, -0.2) is 4.98 Å². The highest BCUT2D eigenvalue weighted by Crippen LogP contribution is 2.35. The van der Waals surface area contributed by atoms with E-state index in [0.717, 1.165) is 0 Å². The van der Waals surface area contributed by atoms with Crippen molar-refractivity contribution in [1.29, 1.82) is 0 Å². The van der Waals surface area contributed by atoms with Crippen LogP contribution in [0, 0.1) is 6.92 Å². The number of aryl methyl sites for hydroxylation is 1. The fourth-order valence-electron chi connectivity index (χ4n) is 2.39. The Morgan fingerprint density at radius 3 is 2.48 bits per heavy atom. The molecule has 2 N–H and O–H groups in total. The molecule has 0 bridgehead atoms. The van der Waals surface area contributed by atoms with Crippen LogP contribution in [-0.4, -0.2) is 16.6 Å². The molecule has 116 valence electrons. The molecule has 4 nitrogen and oxygen atoms in total. The molecular weight excluding hydrogens is 332 g/mol. The topological polar surface area (TPSA) is 73.1 Å². The second-order valence-electron chi connectivity index (χ2n) is 5.21. The molecule has 0 fully saturated rings. The fraction of sp³-hybridized carbons (Fsp3) is 0.118. The summed E-state index contributed by atoms with van der Waals surface area (Å²) >= 11 is 7.08. The van der Waals surface area contributed by atoms with Gasteiger partial charge < -0.3 is 5.73 Å². The molecule has 0 saturated heterocycles. The monoisotopic (exact) mass is 344 g/mol. The number of hydrogen-bond acceptors (Lipinski definition) is 5. The third kappa shape index (κ3) is 2.73. The van der Waals surface area contributed by atoms with Crippen molar-refractivity contribution in [2.75, 3.05) is 5.73 Å². The molecule has 2 heterocycles. The molecule has 0 amide bonds. The number of halogens is 1. The van der Waals surface area contributed by atoms with Gasteiger partial charge in [-0.3, -0.25) is 9.59 Å². The van der Waals surface area contributed by atoms with E-state index in [0.29, 0.717) is 42.6 Å². The summed E-state index contributed by atoms with van der Waals surface area (Å²) < 4.78 is 0. The zero-order valence-electron chi connectivity index (χ0n) is 12.5. The van der Waals surface area contributed by atoms with Gasteiger partial charge in [0, 0.05) is 27.2 Å². The van der Waals surface area contributed by atoms with E-state index in [-0.39, 0.29) is 11.6 Å². The number of rotatable bonds is 3. The molecule has 0 aliphatic rings. The third-order valence-corrected chi connectivity index (χ3v) is 4.97. The number of carbonyl (C=O) groups excluding carboxylic acids is 2. The summed E-state index contributed by atoms with van der Waals surface area (Å²) in [4.78, 5) is 29.8. The maximum atomic E-state index is 12.6. The predicted octanol–water partition coefficient (Wildman–Crippen LogP) is 4.27. The summed E-state index contributed by atoms with van der Waals surface area (Å²) in [5.74, 6) is -0.253. The fourth-order valence-corrected chi connectivity index (χ4v) is 3.60. The van der Waals surface area contributed by atoms with Crippen LogP contribution in [0.1, 0.15) is 38.2 Å². The van der Waals surface area contributed by atoms with E-state index < -0.39 is 0 Å². The number of anilines is 1. The number of nitrogens with two attached hydrogens (primary N) is 1. The smallest absolute Gasteiger partial charge is 0.205 e. The van der Waals surface area contributed by atoms with Gasteiger partial charge in [-0.15, -0.1) is 11.3 Å². The lowest BCUT2D eigenvalue weighted by Crippen LogP contribution is -2.02. The van der Waals surface area contributed by atoms with Crippen molar-refractivity contribution in [3.63, 3.8) is 0 Å². The number of nitrogens with zero attached hydrogens (tertiary/aromatic N) is 1. The van der Waals surface area contributed by atoms with Crippen LogP contribution in [0.25, 0.3) is 10.2 Å². The molecule has 0 atom stereocenters. The molecule has 0 saturated carbocycles. The number of hydrogen-bond donors (Lipinski definition) is 1. The quantitative estimate of drug-likeness (QED) is 0.720. The first kappa shape index (κ1) is 15.6. The lowest BCUT2D eigenvalue weighted by atomic mass is 10.1. The van der Waals surface area contributed by atoms with Crippen LogP contribution in [0.5, 0.6) is 0 Å². The number of ketones is 2. The molecule has 0 unspecified atom stereocenters. The molecule has 0 radical (unpaired) electrons. The molecule has 2 aromatic heterocycles. The van der Waals surface area contributed by atoms with Gasteiger partial charge in [-0.05, 0) is 44.2 Å². The van der Waals surface area contributed by atoms with Gasteiger partial charge in [0.15, 0.2) is 5.78 Å². The Morgan fingerprint density at radius 1 is 1.22 bits per heavy atom. The normalized spacial score (nSPS) is 10.9. The molecular formula is C17H13ClN2O2S. The average Bonchev–Trinajstić information content (AvgIpc) is 2.82. The molecule has 6 heteroatoms. The molecule has 3 aromatic rings. The van der Waals surface area contributed by atoms with E-state index in [1.165, 1.54) is 18.3 Å². The molecule has 23 heavy (non-hydrogen) atoms. The number of aromatic nitrogens is 1. The minimum atomic E-state index is -0.177. The first-order valence-corrected chi connectivity index (χ1v) is 8.08. The average molecular weight is 345 g/mol. The van der Waals surface area contributed by atoms with Gasteiger partial charge in [0.1, 0.15) is 9.71 Å². The lowest BCUT2D eigenvalue weighted by molar-refractivity contribution is 0.101. The standard InChI is InChI=1S/C17H13ClN2O2S/c1-8-12(9(2)21)7-13-14(19)16(23-17(13)20-8)15(22)10-3-5-11(18)6-4-10/h3-7H,19H2,1-2H3. The van der Waals surface area contributed by atoms with Gasteiger partial charge in [-0.1, -0.05) is 11.6 Å². The number of thiophene rings is 1. The number of carbonyl (C=O) groups is 2. The van der Waals surface area contributed by atoms with Crippen molar-refractivity contribution in [3.8, 4) is 0 Å². The first-order valence-electron chi connectivity index (χ1n) is 6.89. The summed E-state index contributed by atoms with van der Waals surface area (Å²) in [6, 6.07) is 8.36. The van der Waals surface area contributed by atoms with Crippen LogP contribution >= 0.6 is 22.9 Å². The predicted molar refractivity (Wildman–Crippen MR) is 93.7 cm³/mol. The van der Waals surface area contributed by atoms with Crippen LogP contribution in [0.3, 0.4) is 0 Å². The highest BCUT2D eigenvalue weighted by molar-refractivity contribution is 7.21. The van der Waals surface area contributed by atoms with Crippen LogP contribution in [0.2, 0.25) is 5.02 Å². The number of nitrogen functional groups attached to an aromatic ring is 1. The Balaban J connectivity index is 2.15. The van der Waals surface area contributed by atoms with Crippen molar-refractivity contribution in [1.82, 2.24) is 4.98 Å². The SMILES string of the molecule is CC(=O)c1cc2c(N)c(C(=O)c3ccc(Cl)cc3)sc2nc1C. The van der Waals surface area contributed by atoms with Crippen LogP contribution in [-0.2, 0) is 0 Å². The van der Waals surface area contributed by atoms with Crippen LogP contribution in [0.4, 0.5) is 5.69 Å². The largest absolute Gasteiger partial charge is 0.397 e. The molecule has 3 rings (SSSR count). The van der Waals surface area contributed by atoms with Crippen LogP contribution < -0.4 is 5.73 Å². The van der Waals surface area contributed by atoms with Gasteiger partial charge in [0.05, 0.1) is 5.69 Å². The van der Waals surface area contributed by atoms with Crippen molar-refractivity contribution < 1.29 is 9.59 Å². The molecule has 0 aliphatic heterocycles. The third-order valence-electron chi connectivity index (χ3n) is 3.60. The minimum Gasteiger partial charge on any atom is -0.397 e. The number of pyridine rings is 1. The molecule has 0 aliphatic carbocycles. The van der Waals surface area contributed by atoms with E-state index >= 15 is 0 Å². The Hall–Kier alpha value is -2.24. The van der Waals surface area contributed by atoms with Gasteiger partial charge >= 0.3 is 0 Å². The maximum absolute atomic E-state index is 12.6. The zero-order chi connectivity index (χ0) is 16.7. The first-order chi connectivity index (χ1) is 10.9. The summed E-state index contributed by atoms with van der Waals surface area (Å²) in [6.07, 6.45) is 0. The number of fused-ring (bicyclic) bond motifs is 1. The number of Topliss-reactive ketones (excluding diaryl/α,β-unsaturated/α-hetero) is 1. The van der Waals surface area contributed by atoms with Crippen molar-refractivity contribution in [3.05, 3.63) is 57.1 Å².